The summed E-state index contributed by atoms with van der Waals surface area (Å²) in [5.74, 6) is 6.83. The van der Waals surface area contributed by atoms with Gasteiger partial charge in [0.15, 0.2) is 0 Å². The number of ether oxygens (including phenoxy) is 1. The second kappa shape index (κ2) is 7.61. The van der Waals surface area contributed by atoms with Crippen LogP contribution in [0, 0.1) is 32.6 Å². The summed E-state index contributed by atoms with van der Waals surface area (Å²) in [5.41, 5.74) is 10.6. The monoisotopic (exact) mass is 414 g/mol. The lowest BCUT2D eigenvalue weighted by molar-refractivity contribution is 0.100. The molecule has 3 heterocycles. The molecule has 2 N–H and O–H groups in total. The van der Waals surface area contributed by atoms with Crippen molar-refractivity contribution in [2.75, 3.05) is 7.11 Å². The predicted octanol–water partition coefficient (Wildman–Crippen LogP) is 2.59. The summed E-state index contributed by atoms with van der Waals surface area (Å²) >= 11 is 0. The summed E-state index contributed by atoms with van der Waals surface area (Å²) in [7, 11) is 3.45. The minimum atomic E-state index is -0.571. The highest BCUT2D eigenvalue weighted by molar-refractivity contribution is 6.07. The molecule has 8 nitrogen and oxygen atoms in total. The first-order valence-electron chi connectivity index (χ1n) is 9.65. The number of rotatable bonds is 3. The van der Waals surface area contributed by atoms with Crippen LogP contribution in [0.1, 0.15) is 38.6 Å². The largest absolute Gasteiger partial charge is 0.496 e. The van der Waals surface area contributed by atoms with Crippen molar-refractivity contribution in [1.29, 1.82) is 0 Å². The Morgan fingerprint density at radius 3 is 2.55 bits per heavy atom. The second-order valence-corrected chi connectivity index (χ2v) is 7.31. The van der Waals surface area contributed by atoms with Gasteiger partial charge in [0, 0.05) is 25.0 Å². The highest BCUT2D eigenvalue weighted by Gasteiger charge is 2.22. The van der Waals surface area contributed by atoms with E-state index in [0.717, 1.165) is 28.1 Å². The van der Waals surface area contributed by atoms with Crippen molar-refractivity contribution in [3.8, 4) is 23.3 Å². The molecule has 0 atom stereocenters. The molecule has 4 aromatic rings. The zero-order chi connectivity index (χ0) is 22.3. The number of fused-ring (bicyclic) bond motifs is 1. The van der Waals surface area contributed by atoms with Gasteiger partial charge in [0.2, 0.25) is 0 Å². The summed E-state index contributed by atoms with van der Waals surface area (Å²) in [5, 5.41) is 4.65. The van der Waals surface area contributed by atoms with Gasteiger partial charge < -0.3 is 10.5 Å². The predicted molar refractivity (Wildman–Crippen MR) is 117 cm³/mol. The van der Waals surface area contributed by atoms with Gasteiger partial charge in [-0.3, -0.25) is 14.0 Å². The third-order valence-electron chi connectivity index (χ3n) is 5.10. The van der Waals surface area contributed by atoms with Gasteiger partial charge in [-0.05, 0) is 38.3 Å². The van der Waals surface area contributed by atoms with E-state index in [1.54, 1.807) is 37.3 Å². The van der Waals surface area contributed by atoms with Gasteiger partial charge >= 0.3 is 0 Å². The molecule has 0 aliphatic rings. The van der Waals surface area contributed by atoms with Crippen LogP contribution in [-0.2, 0) is 7.05 Å². The van der Waals surface area contributed by atoms with Gasteiger partial charge in [0.25, 0.3) is 5.91 Å². The third-order valence-corrected chi connectivity index (χ3v) is 5.10. The Balaban J connectivity index is 2.04. The number of nitrogens with zero attached hydrogens (tertiary/aromatic N) is 5. The van der Waals surface area contributed by atoms with E-state index < -0.39 is 5.91 Å². The van der Waals surface area contributed by atoms with E-state index in [-0.39, 0.29) is 0 Å². The third kappa shape index (κ3) is 3.51. The molecule has 1 aromatic carbocycles. The average Bonchev–Trinajstić information content (AvgIpc) is 3.30. The van der Waals surface area contributed by atoms with Gasteiger partial charge in [-0.25, -0.2) is 9.97 Å². The fourth-order valence-electron chi connectivity index (χ4n) is 3.71. The normalized spacial score (nSPS) is 10.7. The first-order chi connectivity index (χ1) is 14.8. The number of hydrogen-bond acceptors (Lipinski definition) is 5. The van der Waals surface area contributed by atoms with Crippen molar-refractivity contribution < 1.29 is 9.53 Å². The van der Waals surface area contributed by atoms with Crippen LogP contribution in [0.2, 0.25) is 0 Å². The summed E-state index contributed by atoms with van der Waals surface area (Å²) in [4.78, 5) is 21.5. The number of benzene rings is 1. The number of carbonyl (C=O) groups excluding carboxylic acids is 1. The van der Waals surface area contributed by atoms with E-state index in [0.29, 0.717) is 28.1 Å². The molecule has 0 spiro atoms. The molecule has 0 radical (unpaired) electrons. The lowest BCUT2D eigenvalue weighted by atomic mass is 10.1. The quantitative estimate of drug-likeness (QED) is 0.519. The zero-order valence-electron chi connectivity index (χ0n) is 18.0. The van der Waals surface area contributed by atoms with Gasteiger partial charge in [0.05, 0.1) is 35.5 Å². The molecule has 0 aliphatic carbocycles. The van der Waals surface area contributed by atoms with Crippen LogP contribution in [0.4, 0.5) is 0 Å². The molecule has 3 aromatic heterocycles. The van der Waals surface area contributed by atoms with Crippen molar-refractivity contribution in [3.05, 3.63) is 64.5 Å². The maximum absolute atomic E-state index is 12.3. The molecule has 156 valence electrons. The number of carbonyl (C=O) groups is 1. The summed E-state index contributed by atoms with van der Waals surface area (Å²) in [6.45, 7) is 5.75. The molecule has 1 amide bonds. The smallest absolute Gasteiger partial charge is 0.251 e. The first kappa shape index (κ1) is 20.2. The summed E-state index contributed by atoms with van der Waals surface area (Å²) < 4.78 is 9.04. The van der Waals surface area contributed by atoms with Crippen LogP contribution in [0.15, 0.2) is 30.7 Å². The number of aromatic nitrogens is 5. The highest BCUT2D eigenvalue weighted by Crippen LogP contribution is 2.32. The van der Waals surface area contributed by atoms with Crippen LogP contribution in [0.3, 0.4) is 0 Å². The van der Waals surface area contributed by atoms with E-state index in [4.69, 9.17) is 10.5 Å². The molecule has 0 saturated heterocycles. The molecule has 8 heteroatoms. The fourth-order valence-corrected chi connectivity index (χ4v) is 3.71. The van der Waals surface area contributed by atoms with E-state index in [1.165, 1.54) is 0 Å². The Hall–Kier alpha value is -4.12. The topological polar surface area (TPSA) is 101 Å². The Morgan fingerprint density at radius 2 is 1.90 bits per heavy atom. The Labute approximate surface area is 179 Å². The lowest BCUT2D eigenvalue weighted by Gasteiger charge is -2.15. The van der Waals surface area contributed by atoms with Crippen molar-refractivity contribution in [2.45, 2.75) is 20.8 Å². The fraction of sp³-hybridized carbons (Fsp3) is 0.217. The van der Waals surface area contributed by atoms with Crippen molar-refractivity contribution in [3.63, 3.8) is 0 Å². The number of amides is 1. The second-order valence-electron chi connectivity index (χ2n) is 7.31. The van der Waals surface area contributed by atoms with Gasteiger partial charge in [-0.2, -0.15) is 5.10 Å². The molecule has 0 saturated carbocycles. The molecule has 31 heavy (non-hydrogen) atoms. The molecule has 0 fully saturated rings. The molecular formula is C23H22N6O2. The van der Waals surface area contributed by atoms with E-state index in [9.17, 15) is 4.79 Å². The molecule has 0 unspecified atom stereocenters. The average molecular weight is 414 g/mol. The number of primary amides is 1. The van der Waals surface area contributed by atoms with Crippen LogP contribution in [0.5, 0.6) is 5.75 Å². The van der Waals surface area contributed by atoms with Crippen LogP contribution in [0.25, 0.3) is 16.7 Å². The summed E-state index contributed by atoms with van der Waals surface area (Å²) in [6.07, 6.45) is 5.17. The minimum absolute atomic E-state index is 0.312. The zero-order valence-corrected chi connectivity index (χ0v) is 18.0. The van der Waals surface area contributed by atoms with Crippen LogP contribution < -0.4 is 10.5 Å². The molecule has 4 rings (SSSR count). The van der Waals surface area contributed by atoms with Gasteiger partial charge in [0.1, 0.15) is 22.9 Å². The number of methoxy groups -OCH3 is 1. The lowest BCUT2D eigenvalue weighted by Crippen LogP contribution is -2.11. The SMILES string of the molecule is COc1ccc(C)c(-n2cc(C(N)=O)c3c(C#Cc4cnn(C)c4)nc(C)nc32)c1C. The van der Waals surface area contributed by atoms with Crippen molar-refractivity contribution in [2.24, 2.45) is 12.8 Å². The maximum atomic E-state index is 12.3. The van der Waals surface area contributed by atoms with Crippen molar-refractivity contribution in [1.82, 2.24) is 24.3 Å². The Bertz CT molecular complexity index is 1400. The Kier molecular flexibility index (Phi) is 4.95. The van der Waals surface area contributed by atoms with Crippen LogP contribution in [-0.4, -0.2) is 37.3 Å². The van der Waals surface area contributed by atoms with Gasteiger partial charge in [-0.15, -0.1) is 0 Å². The highest BCUT2D eigenvalue weighted by atomic mass is 16.5. The molecule has 0 bridgehead atoms. The first-order valence-corrected chi connectivity index (χ1v) is 9.65. The van der Waals surface area contributed by atoms with Crippen LogP contribution >= 0.6 is 0 Å². The molecular weight excluding hydrogens is 392 g/mol. The number of aryl methyl sites for hydroxylation is 3. The standard InChI is InChI=1S/C23H22N6O2/c1-13-6-9-19(31-5)14(2)21(13)29-12-17(22(24)30)20-18(26-15(3)27-23(20)29)8-7-16-10-25-28(4)11-16/h6,9-12H,1-5H3,(H2,24,30). The Morgan fingerprint density at radius 1 is 1.13 bits per heavy atom. The van der Waals surface area contributed by atoms with E-state index in [2.05, 4.69) is 26.9 Å². The van der Waals surface area contributed by atoms with E-state index >= 15 is 0 Å². The maximum Gasteiger partial charge on any atom is 0.251 e. The molecule has 0 aliphatic heterocycles. The van der Waals surface area contributed by atoms with E-state index in [1.807, 2.05) is 37.6 Å². The summed E-state index contributed by atoms with van der Waals surface area (Å²) in [6, 6.07) is 3.88. The number of hydrogen-bond donors (Lipinski definition) is 1. The minimum Gasteiger partial charge on any atom is -0.496 e. The number of nitrogens with two attached hydrogens (primary N) is 1. The van der Waals surface area contributed by atoms with Gasteiger partial charge in [-0.1, -0.05) is 12.0 Å². The van der Waals surface area contributed by atoms with Crippen molar-refractivity contribution >= 4 is 16.9 Å².